The molecule has 1 unspecified atom stereocenters. The molecule has 0 spiro atoms. The van der Waals surface area contributed by atoms with Crippen molar-refractivity contribution >= 4 is 31.9 Å². The van der Waals surface area contributed by atoms with Gasteiger partial charge in [-0.2, -0.15) is 0 Å². The Morgan fingerprint density at radius 3 is 2.35 bits per heavy atom. The van der Waals surface area contributed by atoms with Crippen molar-refractivity contribution in [3.05, 3.63) is 50.6 Å². The lowest BCUT2D eigenvalue weighted by Crippen LogP contribution is -2.00. The molecular formula is C15H15Br2FO2. The van der Waals surface area contributed by atoms with Crippen LogP contribution in [0.5, 0.6) is 5.75 Å². The minimum atomic E-state index is -0.345. The van der Waals surface area contributed by atoms with E-state index in [2.05, 4.69) is 31.9 Å². The molecule has 1 aromatic heterocycles. The number of hydrogen-bond donors (Lipinski definition) is 0. The minimum absolute atomic E-state index is 0.119. The number of halogens is 3. The van der Waals surface area contributed by atoms with Crippen molar-refractivity contribution in [3.8, 4) is 5.75 Å². The zero-order chi connectivity index (χ0) is 15.0. The molecule has 0 bridgehead atoms. The van der Waals surface area contributed by atoms with Crippen LogP contribution in [0.25, 0.3) is 0 Å². The molecule has 2 rings (SSSR count). The predicted molar refractivity (Wildman–Crippen MR) is 84.3 cm³/mol. The smallest absolute Gasteiger partial charge is 0.141 e. The summed E-state index contributed by atoms with van der Waals surface area (Å²) in [5, 5.41) is 0. The van der Waals surface area contributed by atoms with E-state index in [1.807, 2.05) is 20.8 Å². The Morgan fingerprint density at radius 1 is 1.20 bits per heavy atom. The summed E-state index contributed by atoms with van der Waals surface area (Å²) in [4.78, 5) is -0.119. The van der Waals surface area contributed by atoms with Crippen LogP contribution in [0.4, 0.5) is 4.39 Å². The van der Waals surface area contributed by atoms with Crippen LogP contribution in [0, 0.1) is 26.6 Å². The maximum atomic E-state index is 13.6. The van der Waals surface area contributed by atoms with Crippen molar-refractivity contribution in [2.24, 2.45) is 0 Å². The van der Waals surface area contributed by atoms with E-state index in [1.165, 1.54) is 13.2 Å². The van der Waals surface area contributed by atoms with E-state index >= 15 is 0 Å². The molecule has 108 valence electrons. The van der Waals surface area contributed by atoms with E-state index < -0.39 is 0 Å². The van der Waals surface area contributed by atoms with E-state index in [-0.39, 0.29) is 10.6 Å². The lowest BCUT2D eigenvalue weighted by molar-refractivity contribution is 0.406. The standard InChI is InChI=1S/C15H15Br2FO2/c1-7-8(2)20-9(3)14(7)15(17)10-5-11(16)12(18)6-13(10)19-4/h5-6,15H,1-4H3. The third-order valence-electron chi connectivity index (χ3n) is 3.42. The van der Waals surface area contributed by atoms with Gasteiger partial charge >= 0.3 is 0 Å². The Hall–Kier alpha value is -0.810. The average Bonchev–Trinajstić information content (AvgIpc) is 2.65. The highest BCUT2D eigenvalue weighted by Crippen LogP contribution is 2.42. The first-order chi connectivity index (χ1) is 9.36. The molecular weight excluding hydrogens is 391 g/mol. The van der Waals surface area contributed by atoms with Gasteiger partial charge < -0.3 is 9.15 Å². The molecule has 0 radical (unpaired) electrons. The molecule has 5 heteroatoms. The molecule has 20 heavy (non-hydrogen) atoms. The molecule has 0 aliphatic heterocycles. The Balaban J connectivity index is 2.58. The van der Waals surface area contributed by atoms with Crippen LogP contribution < -0.4 is 4.74 Å². The van der Waals surface area contributed by atoms with Gasteiger partial charge in [0.15, 0.2) is 0 Å². The van der Waals surface area contributed by atoms with Gasteiger partial charge in [-0.15, -0.1) is 0 Å². The van der Waals surface area contributed by atoms with E-state index in [1.54, 1.807) is 6.07 Å². The van der Waals surface area contributed by atoms with Crippen molar-refractivity contribution in [2.45, 2.75) is 25.6 Å². The molecule has 0 saturated carbocycles. The maximum absolute atomic E-state index is 13.6. The molecule has 0 amide bonds. The van der Waals surface area contributed by atoms with E-state index in [9.17, 15) is 4.39 Å². The van der Waals surface area contributed by atoms with Gasteiger partial charge in [-0.1, -0.05) is 15.9 Å². The van der Waals surface area contributed by atoms with Crippen molar-refractivity contribution in [2.75, 3.05) is 7.11 Å². The zero-order valence-corrected chi connectivity index (χ0v) is 14.9. The van der Waals surface area contributed by atoms with Crippen molar-refractivity contribution in [3.63, 3.8) is 0 Å². The largest absolute Gasteiger partial charge is 0.496 e. The number of furan rings is 1. The van der Waals surface area contributed by atoms with Crippen LogP contribution >= 0.6 is 31.9 Å². The molecule has 0 saturated heterocycles. The fourth-order valence-corrected chi connectivity index (χ4v) is 3.64. The number of rotatable bonds is 3. The van der Waals surface area contributed by atoms with Crippen molar-refractivity contribution in [1.82, 2.24) is 0 Å². The van der Waals surface area contributed by atoms with Crippen LogP contribution in [0.1, 0.15) is 33.0 Å². The second-order valence-electron chi connectivity index (χ2n) is 4.62. The van der Waals surface area contributed by atoms with Gasteiger partial charge in [0, 0.05) is 17.2 Å². The maximum Gasteiger partial charge on any atom is 0.141 e. The molecule has 2 nitrogen and oxygen atoms in total. The van der Waals surface area contributed by atoms with E-state index in [0.717, 1.165) is 28.2 Å². The van der Waals surface area contributed by atoms with Crippen LogP contribution in [-0.4, -0.2) is 7.11 Å². The first-order valence-electron chi connectivity index (χ1n) is 6.10. The van der Waals surface area contributed by atoms with Gasteiger partial charge in [0.2, 0.25) is 0 Å². The van der Waals surface area contributed by atoms with E-state index in [4.69, 9.17) is 9.15 Å². The SMILES string of the molecule is COc1cc(F)c(Br)cc1C(Br)c1c(C)oc(C)c1C. The summed E-state index contributed by atoms with van der Waals surface area (Å²) in [6, 6.07) is 3.11. The number of ether oxygens (including phenoxy) is 1. The number of benzene rings is 1. The highest BCUT2D eigenvalue weighted by atomic mass is 79.9. The molecule has 0 N–H and O–H groups in total. The van der Waals surface area contributed by atoms with E-state index in [0.29, 0.717) is 10.2 Å². The summed E-state index contributed by atoms with van der Waals surface area (Å²) >= 11 is 6.89. The summed E-state index contributed by atoms with van der Waals surface area (Å²) in [6.07, 6.45) is 0. The predicted octanol–water partition coefficient (Wildman–Crippen LogP) is 5.60. The fourth-order valence-electron chi connectivity index (χ4n) is 2.26. The number of aryl methyl sites for hydroxylation is 2. The topological polar surface area (TPSA) is 22.4 Å². The monoisotopic (exact) mass is 404 g/mol. The number of alkyl halides is 1. The second kappa shape index (κ2) is 5.90. The minimum Gasteiger partial charge on any atom is -0.496 e. The Labute approximate surface area is 134 Å². The molecule has 0 aliphatic rings. The van der Waals surface area contributed by atoms with Crippen LogP contribution in [-0.2, 0) is 0 Å². The molecule has 1 atom stereocenters. The normalized spacial score (nSPS) is 12.6. The first-order valence-corrected chi connectivity index (χ1v) is 7.81. The second-order valence-corrected chi connectivity index (χ2v) is 6.39. The quantitative estimate of drug-likeness (QED) is 0.620. The zero-order valence-electron chi connectivity index (χ0n) is 11.7. The van der Waals surface area contributed by atoms with Gasteiger partial charge in [-0.25, -0.2) is 4.39 Å². The Kier molecular flexibility index (Phi) is 4.59. The summed E-state index contributed by atoms with van der Waals surface area (Å²) in [7, 11) is 1.53. The number of methoxy groups -OCH3 is 1. The molecule has 0 fully saturated rings. The summed E-state index contributed by atoms with van der Waals surface area (Å²) in [5.74, 6) is 1.90. The molecule has 0 aliphatic carbocycles. The Bertz CT molecular complexity index is 650. The van der Waals surface area contributed by atoms with Gasteiger partial charge in [0.25, 0.3) is 0 Å². The lowest BCUT2D eigenvalue weighted by atomic mass is 10.0. The van der Waals surface area contributed by atoms with Crippen molar-refractivity contribution in [1.29, 1.82) is 0 Å². The van der Waals surface area contributed by atoms with Crippen LogP contribution in [0.2, 0.25) is 0 Å². The van der Waals surface area contributed by atoms with Gasteiger partial charge in [0.1, 0.15) is 23.1 Å². The fraction of sp³-hybridized carbons (Fsp3) is 0.333. The highest BCUT2D eigenvalue weighted by molar-refractivity contribution is 9.10. The molecule has 1 aromatic carbocycles. The first kappa shape index (κ1) is 15.6. The highest BCUT2D eigenvalue weighted by Gasteiger charge is 2.24. The number of hydrogen-bond acceptors (Lipinski definition) is 2. The van der Waals surface area contributed by atoms with Gasteiger partial charge in [-0.05, 0) is 48.3 Å². The Morgan fingerprint density at radius 2 is 1.85 bits per heavy atom. The van der Waals surface area contributed by atoms with Crippen LogP contribution in [0.3, 0.4) is 0 Å². The van der Waals surface area contributed by atoms with Crippen LogP contribution in [0.15, 0.2) is 21.0 Å². The molecule has 2 aromatic rings. The van der Waals surface area contributed by atoms with Gasteiger partial charge in [-0.3, -0.25) is 0 Å². The van der Waals surface area contributed by atoms with Gasteiger partial charge in [0.05, 0.1) is 16.4 Å². The molecule has 1 heterocycles. The third kappa shape index (κ3) is 2.66. The summed E-state index contributed by atoms with van der Waals surface area (Å²) < 4.78 is 25.0. The lowest BCUT2D eigenvalue weighted by Gasteiger charge is -2.16. The van der Waals surface area contributed by atoms with Crippen molar-refractivity contribution < 1.29 is 13.5 Å². The third-order valence-corrected chi connectivity index (χ3v) is 4.98. The average molecular weight is 406 g/mol. The summed E-state index contributed by atoms with van der Waals surface area (Å²) in [5.41, 5.74) is 3.00. The summed E-state index contributed by atoms with van der Waals surface area (Å²) in [6.45, 7) is 5.87.